The number of hydrogen-bond acceptors (Lipinski definition) is 6. The van der Waals surface area contributed by atoms with Gasteiger partial charge in [-0.15, -0.1) is 0 Å². The highest BCUT2D eigenvalue weighted by Gasteiger charge is 2.42. The average Bonchev–Trinajstić information content (AvgIpc) is 3.21. The molecule has 2 fully saturated rings. The summed E-state index contributed by atoms with van der Waals surface area (Å²) in [6.45, 7) is 4.33. The number of aliphatic hydroxyl groups is 1. The first-order valence-corrected chi connectivity index (χ1v) is 9.18. The average molecular weight is 349 g/mol. The van der Waals surface area contributed by atoms with Gasteiger partial charge in [0.05, 0.1) is 6.10 Å². The van der Waals surface area contributed by atoms with Crippen LogP contribution in [-0.4, -0.2) is 62.4 Å². The molecule has 25 heavy (non-hydrogen) atoms. The van der Waals surface area contributed by atoms with Crippen molar-refractivity contribution in [2.75, 3.05) is 40.1 Å². The third-order valence-electron chi connectivity index (χ3n) is 5.61. The third-order valence-corrected chi connectivity index (χ3v) is 5.61. The Labute approximate surface area is 148 Å². The summed E-state index contributed by atoms with van der Waals surface area (Å²) in [5.41, 5.74) is 0. The lowest BCUT2D eigenvalue weighted by Crippen LogP contribution is -2.42. The number of ether oxygens (including phenoxy) is 4. The smallest absolute Gasteiger partial charge is 0.231 e. The fourth-order valence-corrected chi connectivity index (χ4v) is 4.35. The molecule has 1 aliphatic carbocycles. The minimum absolute atomic E-state index is 0.152. The number of likely N-dealkylation sites (tertiary alicyclic amines) is 1. The van der Waals surface area contributed by atoms with Crippen LogP contribution in [0.2, 0.25) is 0 Å². The monoisotopic (exact) mass is 349 g/mol. The molecule has 0 bridgehead atoms. The minimum atomic E-state index is -0.411. The molecular formula is C19H27NO5. The van der Waals surface area contributed by atoms with Gasteiger partial charge in [-0.2, -0.15) is 0 Å². The first kappa shape index (κ1) is 16.9. The topological polar surface area (TPSA) is 60.4 Å². The van der Waals surface area contributed by atoms with Gasteiger partial charge in [0.2, 0.25) is 6.79 Å². The van der Waals surface area contributed by atoms with Crippen LogP contribution in [0.15, 0.2) is 18.2 Å². The van der Waals surface area contributed by atoms with E-state index in [0.29, 0.717) is 17.6 Å². The molecule has 0 radical (unpaired) electrons. The van der Waals surface area contributed by atoms with Crippen molar-refractivity contribution < 1.29 is 24.1 Å². The highest BCUT2D eigenvalue weighted by Crippen LogP contribution is 2.40. The fourth-order valence-electron chi connectivity index (χ4n) is 4.35. The molecule has 1 N–H and O–H groups in total. The number of hydrogen-bond donors (Lipinski definition) is 1. The maximum Gasteiger partial charge on any atom is 0.231 e. The maximum atomic E-state index is 10.6. The Kier molecular flexibility index (Phi) is 5.01. The van der Waals surface area contributed by atoms with Crippen molar-refractivity contribution in [1.82, 2.24) is 4.90 Å². The predicted octanol–water partition coefficient (Wildman–Crippen LogP) is 1.90. The van der Waals surface area contributed by atoms with Crippen molar-refractivity contribution in [1.29, 1.82) is 0 Å². The van der Waals surface area contributed by atoms with Crippen molar-refractivity contribution in [2.45, 2.75) is 31.5 Å². The third kappa shape index (κ3) is 3.71. The first-order chi connectivity index (χ1) is 12.2. The lowest BCUT2D eigenvalue weighted by molar-refractivity contribution is -0.0232. The SMILES string of the molecule is COCCCN1C[C@H]2C[C@@H](Oc3ccc4c(c3)OCO4)[C@H](O)C[C@H]2C1. The standard InChI is InChI=1S/C19H27NO5/c1-22-6-2-5-20-10-13-7-16(21)18(8-14(13)11-20)25-15-3-4-17-19(9-15)24-12-23-17/h3-4,9,13-14,16,18,21H,2,5-8,10-12H2,1H3/t13-,14+,16+,18+/m0/s1. The Hall–Kier alpha value is -1.50. The summed E-state index contributed by atoms with van der Waals surface area (Å²) in [5, 5.41) is 10.6. The fraction of sp³-hybridized carbons (Fsp3) is 0.684. The second-order valence-corrected chi connectivity index (χ2v) is 7.34. The Morgan fingerprint density at radius 2 is 1.96 bits per heavy atom. The van der Waals surface area contributed by atoms with Crippen LogP contribution in [0.1, 0.15) is 19.3 Å². The van der Waals surface area contributed by atoms with Gasteiger partial charge < -0.3 is 29.0 Å². The van der Waals surface area contributed by atoms with E-state index in [4.69, 9.17) is 18.9 Å². The molecule has 6 heteroatoms. The van der Waals surface area contributed by atoms with Crippen LogP contribution < -0.4 is 14.2 Å². The predicted molar refractivity (Wildman–Crippen MR) is 92.1 cm³/mol. The van der Waals surface area contributed by atoms with Gasteiger partial charge >= 0.3 is 0 Å². The second kappa shape index (κ2) is 7.40. The van der Waals surface area contributed by atoms with Crippen LogP contribution in [0.25, 0.3) is 0 Å². The van der Waals surface area contributed by atoms with Crippen LogP contribution in [0.5, 0.6) is 17.2 Å². The molecule has 0 spiro atoms. The number of fused-ring (bicyclic) bond motifs is 2. The highest BCUT2D eigenvalue weighted by atomic mass is 16.7. The Bertz CT molecular complexity index is 595. The lowest BCUT2D eigenvalue weighted by Gasteiger charge is -2.35. The Morgan fingerprint density at radius 1 is 1.16 bits per heavy atom. The molecule has 4 atom stereocenters. The van der Waals surface area contributed by atoms with E-state index in [9.17, 15) is 5.11 Å². The molecule has 2 heterocycles. The molecular weight excluding hydrogens is 322 g/mol. The summed E-state index contributed by atoms with van der Waals surface area (Å²) in [5.74, 6) is 3.38. The number of benzene rings is 1. The van der Waals surface area contributed by atoms with E-state index in [0.717, 1.165) is 57.0 Å². The van der Waals surface area contributed by atoms with E-state index in [1.807, 2.05) is 18.2 Å². The van der Waals surface area contributed by atoms with Crippen molar-refractivity contribution in [3.8, 4) is 17.2 Å². The summed E-state index contributed by atoms with van der Waals surface area (Å²) in [6, 6.07) is 5.60. The molecule has 0 amide bonds. The molecule has 1 aromatic carbocycles. The number of aliphatic hydroxyl groups excluding tert-OH is 1. The summed E-state index contributed by atoms with van der Waals surface area (Å²) in [6.07, 6.45) is 2.23. The highest BCUT2D eigenvalue weighted by molar-refractivity contribution is 5.46. The number of methoxy groups -OCH3 is 1. The van der Waals surface area contributed by atoms with Gasteiger partial charge in [0, 0.05) is 39.4 Å². The van der Waals surface area contributed by atoms with E-state index in [1.165, 1.54) is 0 Å². The number of rotatable bonds is 6. The summed E-state index contributed by atoms with van der Waals surface area (Å²) < 4.78 is 22.0. The van der Waals surface area contributed by atoms with Crippen LogP contribution in [0.4, 0.5) is 0 Å². The van der Waals surface area contributed by atoms with E-state index in [-0.39, 0.29) is 12.9 Å². The van der Waals surface area contributed by atoms with E-state index in [1.54, 1.807) is 7.11 Å². The lowest BCUT2D eigenvalue weighted by atomic mass is 9.78. The van der Waals surface area contributed by atoms with Gasteiger partial charge in [-0.3, -0.25) is 0 Å². The number of nitrogens with zero attached hydrogens (tertiary/aromatic N) is 1. The molecule has 6 nitrogen and oxygen atoms in total. The van der Waals surface area contributed by atoms with Crippen LogP contribution >= 0.6 is 0 Å². The van der Waals surface area contributed by atoms with Crippen LogP contribution in [0, 0.1) is 11.8 Å². The van der Waals surface area contributed by atoms with Crippen molar-refractivity contribution in [2.24, 2.45) is 11.8 Å². The molecule has 1 aromatic rings. The molecule has 3 aliphatic rings. The summed E-state index contributed by atoms with van der Waals surface area (Å²) in [4.78, 5) is 2.50. The van der Waals surface area contributed by atoms with Crippen LogP contribution in [-0.2, 0) is 4.74 Å². The Balaban J connectivity index is 1.35. The molecule has 0 aromatic heterocycles. The quantitative estimate of drug-likeness (QED) is 0.792. The van der Waals surface area contributed by atoms with E-state index >= 15 is 0 Å². The second-order valence-electron chi connectivity index (χ2n) is 7.34. The van der Waals surface area contributed by atoms with Gasteiger partial charge in [0.25, 0.3) is 0 Å². The van der Waals surface area contributed by atoms with Gasteiger partial charge in [0.15, 0.2) is 11.5 Å². The molecule has 1 saturated heterocycles. The normalized spacial score (nSPS) is 31.1. The first-order valence-electron chi connectivity index (χ1n) is 9.18. The zero-order valence-electron chi connectivity index (χ0n) is 14.7. The summed E-state index contributed by atoms with van der Waals surface area (Å²) in [7, 11) is 1.75. The van der Waals surface area contributed by atoms with Gasteiger partial charge in [-0.05, 0) is 43.2 Å². The molecule has 138 valence electrons. The largest absolute Gasteiger partial charge is 0.488 e. The minimum Gasteiger partial charge on any atom is -0.488 e. The Morgan fingerprint density at radius 3 is 2.80 bits per heavy atom. The van der Waals surface area contributed by atoms with Gasteiger partial charge in [-0.1, -0.05) is 0 Å². The zero-order valence-corrected chi connectivity index (χ0v) is 14.7. The summed E-state index contributed by atoms with van der Waals surface area (Å²) >= 11 is 0. The molecule has 2 aliphatic heterocycles. The zero-order chi connectivity index (χ0) is 17.2. The molecule has 1 saturated carbocycles. The van der Waals surface area contributed by atoms with Gasteiger partial charge in [0.1, 0.15) is 11.9 Å². The maximum absolute atomic E-state index is 10.6. The van der Waals surface area contributed by atoms with E-state index in [2.05, 4.69) is 4.90 Å². The molecule has 4 rings (SSSR count). The van der Waals surface area contributed by atoms with Crippen molar-refractivity contribution >= 4 is 0 Å². The van der Waals surface area contributed by atoms with Crippen molar-refractivity contribution in [3.63, 3.8) is 0 Å². The van der Waals surface area contributed by atoms with Crippen LogP contribution in [0.3, 0.4) is 0 Å². The van der Waals surface area contributed by atoms with Crippen molar-refractivity contribution in [3.05, 3.63) is 18.2 Å². The van der Waals surface area contributed by atoms with E-state index < -0.39 is 6.10 Å². The van der Waals surface area contributed by atoms with Gasteiger partial charge in [-0.25, -0.2) is 0 Å². The molecule has 0 unspecified atom stereocenters.